The highest BCUT2D eigenvalue weighted by Crippen LogP contribution is 2.18. The van der Waals surface area contributed by atoms with Crippen molar-refractivity contribution in [2.24, 2.45) is 0 Å². The van der Waals surface area contributed by atoms with Crippen molar-refractivity contribution in [3.05, 3.63) is 0 Å². The number of aliphatic hydroxyl groups excluding tert-OH is 1. The maximum atomic E-state index is 9.61. The van der Waals surface area contributed by atoms with Gasteiger partial charge in [0.2, 0.25) is 0 Å². The molecule has 1 aliphatic carbocycles. The minimum absolute atomic E-state index is 0.0874. The van der Waals surface area contributed by atoms with Gasteiger partial charge in [-0.3, -0.25) is 0 Å². The molecule has 1 aliphatic rings. The van der Waals surface area contributed by atoms with Crippen LogP contribution < -0.4 is 5.32 Å². The predicted octanol–water partition coefficient (Wildman–Crippen LogP) is 1.68. The monoisotopic (exact) mass is 171 g/mol. The van der Waals surface area contributed by atoms with Gasteiger partial charge >= 0.3 is 0 Å². The highest BCUT2D eigenvalue weighted by Gasteiger charge is 2.21. The number of aliphatic hydroxyl groups is 1. The van der Waals surface area contributed by atoms with E-state index in [2.05, 4.69) is 12.2 Å². The van der Waals surface area contributed by atoms with Gasteiger partial charge in [0.05, 0.1) is 6.10 Å². The van der Waals surface area contributed by atoms with Gasteiger partial charge in [-0.1, -0.05) is 26.2 Å². The van der Waals surface area contributed by atoms with Crippen LogP contribution in [0, 0.1) is 0 Å². The second-order valence-electron chi connectivity index (χ2n) is 3.77. The zero-order valence-electron chi connectivity index (χ0n) is 8.05. The summed E-state index contributed by atoms with van der Waals surface area (Å²) < 4.78 is 0. The number of hydrogen-bond donors (Lipinski definition) is 2. The Bertz CT molecular complexity index is 116. The van der Waals surface area contributed by atoms with Crippen molar-refractivity contribution < 1.29 is 5.11 Å². The average molecular weight is 171 g/mol. The first-order valence-corrected chi connectivity index (χ1v) is 5.26. The van der Waals surface area contributed by atoms with E-state index in [9.17, 15) is 5.11 Å². The number of hydrogen-bond acceptors (Lipinski definition) is 2. The molecule has 0 amide bonds. The van der Waals surface area contributed by atoms with Crippen LogP contribution >= 0.6 is 0 Å². The molecule has 1 saturated carbocycles. The van der Waals surface area contributed by atoms with E-state index in [0.29, 0.717) is 6.04 Å². The summed E-state index contributed by atoms with van der Waals surface area (Å²) >= 11 is 0. The molecule has 0 aliphatic heterocycles. The van der Waals surface area contributed by atoms with Gasteiger partial charge in [-0.2, -0.15) is 0 Å². The molecule has 0 aromatic heterocycles. The lowest BCUT2D eigenvalue weighted by atomic mass is 9.92. The summed E-state index contributed by atoms with van der Waals surface area (Å²) in [6.45, 7) is 3.26. The Labute approximate surface area is 75.4 Å². The van der Waals surface area contributed by atoms with Crippen LogP contribution in [0.25, 0.3) is 0 Å². The van der Waals surface area contributed by atoms with Crippen LogP contribution in [0.4, 0.5) is 0 Å². The lowest BCUT2D eigenvalue weighted by molar-refractivity contribution is 0.0910. The summed E-state index contributed by atoms with van der Waals surface area (Å²) in [4.78, 5) is 0. The van der Waals surface area contributed by atoms with Gasteiger partial charge in [0.1, 0.15) is 0 Å². The second kappa shape index (κ2) is 5.55. The fraction of sp³-hybridized carbons (Fsp3) is 1.00. The fourth-order valence-corrected chi connectivity index (χ4v) is 1.81. The lowest BCUT2D eigenvalue weighted by Gasteiger charge is -2.28. The van der Waals surface area contributed by atoms with E-state index in [0.717, 1.165) is 19.4 Å². The molecular formula is C10H21NO. The van der Waals surface area contributed by atoms with Crippen molar-refractivity contribution in [3.63, 3.8) is 0 Å². The topological polar surface area (TPSA) is 32.3 Å². The Morgan fingerprint density at radius 3 is 2.75 bits per heavy atom. The predicted molar refractivity (Wildman–Crippen MR) is 51.2 cm³/mol. The molecule has 12 heavy (non-hydrogen) atoms. The minimum atomic E-state index is -0.0874. The molecule has 2 heteroatoms. The van der Waals surface area contributed by atoms with Crippen molar-refractivity contribution in [2.75, 3.05) is 6.54 Å². The summed E-state index contributed by atoms with van der Waals surface area (Å²) in [5.74, 6) is 0. The van der Waals surface area contributed by atoms with E-state index in [-0.39, 0.29) is 6.10 Å². The molecule has 1 rings (SSSR count). The molecule has 0 radical (unpaired) electrons. The molecule has 72 valence electrons. The van der Waals surface area contributed by atoms with Crippen molar-refractivity contribution >= 4 is 0 Å². The van der Waals surface area contributed by atoms with Crippen molar-refractivity contribution in [2.45, 2.75) is 57.6 Å². The largest absolute Gasteiger partial charge is 0.392 e. The Hall–Kier alpha value is -0.0800. The smallest absolute Gasteiger partial charge is 0.0693 e. The Morgan fingerprint density at radius 2 is 2.08 bits per heavy atom. The first-order valence-electron chi connectivity index (χ1n) is 5.26. The van der Waals surface area contributed by atoms with Gasteiger partial charge in [-0.25, -0.2) is 0 Å². The van der Waals surface area contributed by atoms with Crippen LogP contribution in [0.15, 0.2) is 0 Å². The van der Waals surface area contributed by atoms with Gasteiger partial charge < -0.3 is 10.4 Å². The van der Waals surface area contributed by atoms with Crippen LogP contribution in [-0.2, 0) is 0 Å². The van der Waals surface area contributed by atoms with Crippen LogP contribution in [-0.4, -0.2) is 23.8 Å². The molecule has 0 heterocycles. The molecule has 0 aromatic carbocycles. The minimum Gasteiger partial charge on any atom is -0.392 e. The van der Waals surface area contributed by atoms with Gasteiger partial charge in [-0.05, 0) is 25.8 Å². The lowest BCUT2D eigenvalue weighted by Crippen LogP contribution is -2.42. The van der Waals surface area contributed by atoms with Gasteiger partial charge in [0, 0.05) is 6.04 Å². The molecule has 2 atom stereocenters. The Balaban J connectivity index is 2.11. The quantitative estimate of drug-likeness (QED) is 0.631. The van der Waals surface area contributed by atoms with E-state index < -0.39 is 0 Å². The first kappa shape index (κ1) is 10.0. The van der Waals surface area contributed by atoms with Crippen molar-refractivity contribution in [1.29, 1.82) is 0 Å². The van der Waals surface area contributed by atoms with E-state index in [4.69, 9.17) is 0 Å². The number of rotatable bonds is 4. The summed E-state index contributed by atoms with van der Waals surface area (Å²) in [5.41, 5.74) is 0. The molecule has 0 saturated heterocycles. The molecule has 0 spiro atoms. The van der Waals surface area contributed by atoms with Crippen LogP contribution in [0.1, 0.15) is 45.4 Å². The summed E-state index contributed by atoms with van der Waals surface area (Å²) in [6, 6.07) is 0.380. The zero-order valence-corrected chi connectivity index (χ0v) is 8.05. The third kappa shape index (κ3) is 3.11. The highest BCUT2D eigenvalue weighted by atomic mass is 16.3. The van der Waals surface area contributed by atoms with E-state index >= 15 is 0 Å². The van der Waals surface area contributed by atoms with Crippen LogP contribution in [0.3, 0.4) is 0 Å². The number of unbranched alkanes of at least 4 members (excludes halogenated alkanes) is 1. The maximum absolute atomic E-state index is 9.61. The van der Waals surface area contributed by atoms with E-state index in [1.807, 2.05) is 0 Å². The molecular weight excluding hydrogens is 150 g/mol. The summed E-state index contributed by atoms with van der Waals surface area (Å²) in [5, 5.41) is 13.0. The Kier molecular flexibility index (Phi) is 4.62. The standard InChI is InChI=1S/C10H21NO/c1-2-3-8-11-9-6-4-5-7-10(9)12/h9-12H,2-8H2,1H3. The zero-order chi connectivity index (χ0) is 8.81. The molecule has 2 nitrogen and oxygen atoms in total. The number of nitrogens with one attached hydrogen (secondary N) is 1. The second-order valence-corrected chi connectivity index (χ2v) is 3.77. The highest BCUT2D eigenvalue weighted by molar-refractivity contribution is 4.79. The maximum Gasteiger partial charge on any atom is 0.0693 e. The summed E-state index contributed by atoms with van der Waals surface area (Å²) in [7, 11) is 0. The molecule has 2 N–H and O–H groups in total. The molecule has 2 unspecified atom stereocenters. The third-order valence-corrected chi connectivity index (χ3v) is 2.67. The summed E-state index contributed by atoms with van der Waals surface area (Å²) in [6.07, 6.45) is 7.00. The fourth-order valence-electron chi connectivity index (χ4n) is 1.81. The molecule has 0 bridgehead atoms. The van der Waals surface area contributed by atoms with Gasteiger partial charge in [0.25, 0.3) is 0 Å². The SMILES string of the molecule is CCCCNC1CCCCC1O. The Morgan fingerprint density at radius 1 is 1.33 bits per heavy atom. The average Bonchev–Trinajstić information content (AvgIpc) is 2.09. The molecule has 1 fully saturated rings. The van der Waals surface area contributed by atoms with Crippen LogP contribution in [0.5, 0.6) is 0 Å². The van der Waals surface area contributed by atoms with E-state index in [1.54, 1.807) is 0 Å². The normalized spacial score (nSPS) is 30.5. The van der Waals surface area contributed by atoms with Crippen molar-refractivity contribution in [1.82, 2.24) is 5.32 Å². The van der Waals surface area contributed by atoms with Gasteiger partial charge in [-0.15, -0.1) is 0 Å². The third-order valence-electron chi connectivity index (χ3n) is 2.67. The van der Waals surface area contributed by atoms with Gasteiger partial charge in [0.15, 0.2) is 0 Å². The first-order chi connectivity index (χ1) is 5.84. The van der Waals surface area contributed by atoms with Crippen molar-refractivity contribution in [3.8, 4) is 0 Å². The van der Waals surface area contributed by atoms with E-state index in [1.165, 1.54) is 25.7 Å². The molecule has 0 aromatic rings. The van der Waals surface area contributed by atoms with Crippen LogP contribution in [0.2, 0.25) is 0 Å².